The van der Waals surface area contributed by atoms with E-state index in [0.29, 0.717) is 0 Å². The van der Waals surface area contributed by atoms with Crippen molar-refractivity contribution in [3.63, 3.8) is 0 Å². The first-order chi connectivity index (χ1) is 14.2. The molecule has 0 atom stereocenters. The molecule has 1 aromatic heterocycles. The molecule has 0 amide bonds. The molecule has 1 aliphatic heterocycles. The van der Waals surface area contributed by atoms with Crippen molar-refractivity contribution in [1.29, 1.82) is 0 Å². The number of hydrogen-bond donors (Lipinski definition) is 2. The molecule has 1 saturated heterocycles. The van der Waals surface area contributed by atoms with Gasteiger partial charge in [-0.3, -0.25) is 4.90 Å². The zero-order valence-corrected chi connectivity index (χ0v) is 17.2. The number of para-hydroxylation sites is 1. The van der Waals surface area contributed by atoms with Gasteiger partial charge in [0.1, 0.15) is 0 Å². The van der Waals surface area contributed by atoms with Crippen molar-refractivity contribution in [1.82, 2.24) is 9.88 Å². The summed E-state index contributed by atoms with van der Waals surface area (Å²) < 4.78 is 0. The van der Waals surface area contributed by atoms with Crippen LogP contribution in [-0.4, -0.2) is 33.7 Å². The fraction of sp³-hybridized carbons (Fsp3) is 0.462. The predicted octanol–water partition coefficient (Wildman–Crippen LogP) is 5.40. The predicted molar refractivity (Wildman–Crippen MR) is 119 cm³/mol. The number of aromatic amines is 1. The summed E-state index contributed by atoms with van der Waals surface area (Å²) in [5.74, 6) is 0. The van der Waals surface area contributed by atoms with Crippen molar-refractivity contribution in [2.75, 3.05) is 13.1 Å². The lowest BCUT2D eigenvalue weighted by Gasteiger charge is -2.54. The average molecular weight is 389 g/mol. The van der Waals surface area contributed by atoms with Crippen LogP contribution < -0.4 is 0 Å². The molecule has 0 unspecified atom stereocenters. The number of nitrogens with zero attached hydrogens (tertiary/aromatic N) is 1. The molecule has 2 aromatic carbocycles. The van der Waals surface area contributed by atoms with Gasteiger partial charge in [-0.05, 0) is 68.6 Å². The molecule has 2 N–H and O–H groups in total. The Balaban J connectivity index is 1.24. The minimum Gasteiger partial charge on any atom is -0.390 e. The van der Waals surface area contributed by atoms with E-state index >= 15 is 0 Å². The fourth-order valence-electron chi connectivity index (χ4n) is 5.61. The van der Waals surface area contributed by atoms with Gasteiger partial charge in [-0.25, -0.2) is 0 Å². The first kappa shape index (κ1) is 18.9. The van der Waals surface area contributed by atoms with E-state index in [9.17, 15) is 5.11 Å². The zero-order chi connectivity index (χ0) is 19.7. The van der Waals surface area contributed by atoms with Crippen LogP contribution in [0.4, 0.5) is 0 Å². The van der Waals surface area contributed by atoms with E-state index in [1.165, 1.54) is 41.5 Å². The van der Waals surface area contributed by atoms with Gasteiger partial charge in [-0.2, -0.15) is 0 Å². The Kier molecular flexibility index (Phi) is 4.97. The summed E-state index contributed by atoms with van der Waals surface area (Å²) in [4.78, 5) is 6.03. The first-order valence-electron chi connectivity index (χ1n) is 11.3. The number of aliphatic hydroxyl groups is 1. The second kappa shape index (κ2) is 7.62. The number of nitrogens with one attached hydrogen (secondary N) is 1. The second-order valence-corrected chi connectivity index (χ2v) is 9.18. The van der Waals surface area contributed by atoms with Crippen LogP contribution in [0.5, 0.6) is 0 Å². The number of aryl methyl sites for hydroxylation is 1. The molecular weight excluding hydrogens is 356 g/mol. The summed E-state index contributed by atoms with van der Waals surface area (Å²) in [6.07, 6.45) is 10.4. The maximum atomic E-state index is 11.3. The molecule has 29 heavy (non-hydrogen) atoms. The van der Waals surface area contributed by atoms with E-state index in [2.05, 4.69) is 70.7 Å². The zero-order valence-electron chi connectivity index (χ0n) is 17.2. The van der Waals surface area contributed by atoms with E-state index in [-0.39, 0.29) is 5.54 Å². The molecule has 2 aliphatic rings. The Hall–Kier alpha value is -2.10. The molecule has 3 heteroatoms. The third kappa shape index (κ3) is 3.51. The number of rotatable bonds is 6. The summed E-state index contributed by atoms with van der Waals surface area (Å²) in [6, 6.07) is 19.5. The van der Waals surface area contributed by atoms with Gasteiger partial charge in [0.2, 0.25) is 0 Å². The summed E-state index contributed by atoms with van der Waals surface area (Å²) in [7, 11) is 0. The van der Waals surface area contributed by atoms with Crippen molar-refractivity contribution in [3.05, 3.63) is 71.9 Å². The van der Waals surface area contributed by atoms with Gasteiger partial charge in [-0.1, -0.05) is 48.5 Å². The van der Waals surface area contributed by atoms with E-state index in [0.717, 1.165) is 44.9 Å². The molecule has 152 valence electrons. The monoisotopic (exact) mass is 388 g/mol. The van der Waals surface area contributed by atoms with Crippen molar-refractivity contribution in [2.45, 2.75) is 62.5 Å². The molecule has 3 nitrogen and oxygen atoms in total. The van der Waals surface area contributed by atoms with Crippen molar-refractivity contribution < 1.29 is 5.11 Å². The number of fused-ring (bicyclic) bond motifs is 1. The molecule has 2 fully saturated rings. The van der Waals surface area contributed by atoms with Gasteiger partial charge in [0.25, 0.3) is 0 Å². The van der Waals surface area contributed by atoms with E-state index < -0.39 is 5.60 Å². The summed E-state index contributed by atoms with van der Waals surface area (Å²) in [6.45, 7) is 2.40. The average Bonchev–Trinajstić information content (AvgIpc) is 3.13. The molecule has 0 bridgehead atoms. The molecule has 0 radical (unpaired) electrons. The maximum absolute atomic E-state index is 11.3. The largest absolute Gasteiger partial charge is 0.390 e. The van der Waals surface area contributed by atoms with E-state index in [1.807, 2.05) is 0 Å². The summed E-state index contributed by atoms with van der Waals surface area (Å²) >= 11 is 0. The molecule has 1 saturated carbocycles. The minimum atomic E-state index is -0.505. The van der Waals surface area contributed by atoms with Crippen molar-refractivity contribution in [3.8, 4) is 0 Å². The topological polar surface area (TPSA) is 39.3 Å². The highest BCUT2D eigenvalue weighted by Crippen LogP contribution is 2.48. The number of aromatic nitrogens is 1. The highest BCUT2D eigenvalue weighted by molar-refractivity contribution is 5.82. The summed E-state index contributed by atoms with van der Waals surface area (Å²) in [5.41, 5.74) is 3.67. The lowest BCUT2D eigenvalue weighted by molar-refractivity contribution is -0.0803. The maximum Gasteiger partial charge on any atom is 0.0649 e. The van der Waals surface area contributed by atoms with Crippen LogP contribution in [0.1, 0.15) is 56.1 Å². The van der Waals surface area contributed by atoms with Gasteiger partial charge in [0.15, 0.2) is 0 Å². The Labute approximate surface area is 173 Å². The number of likely N-dealkylation sites (tertiary alicyclic amines) is 1. The van der Waals surface area contributed by atoms with Crippen LogP contribution >= 0.6 is 0 Å². The number of hydrogen-bond acceptors (Lipinski definition) is 2. The van der Waals surface area contributed by atoms with Crippen LogP contribution in [0.15, 0.2) is 60.8 Å². The number of benzene rings is 2. The lowest BCUT2D eigenvalue weighted by atomic mass is 9.67. The quantitative estimate of drug-likeness (QED) is 0.594. The summed E-state index contributed by atoms with van der Waals surface area (Å²) in [5, 5.41) is 12.7. The molecule has 2 heterocycles. The Morgan fingerprint density at radius 1 is 0.897 bits per heavy atom. The Morgan fingerprint density at radius 3 is 2.34 bits per heavy atom. The van der Waals surface area contributed by atoms with Crippen molar-refractivity contribution in [2.24, 2.45) is 0 Å². The SMILES string of the molecule is OC1(CCCc2c[nH]c3ccccc23)CCC(c2ccccc2)(N2CCC2)CC1. The van der Waals surface area contributed by atoms with Crippen LogP contribution in [0.25, 0.3) is 10.9 Å². The smallest absolute Gasteiger partial charge is 0.0649 e. The van der Waals surface area contributed by atoms with E-state index in [4.69, 9.17) is 0 Å². The third-order valence-electron chi connectivity index (χ3n) is 7.54. The van der Waals surface area contributed by atoms with Crippen LogP contribution in [0, 0.1) is 0 Å². The van der Waals surface area contributed by atoms with Crippen LogP contribution in [0.3, 0.4) is 0 Å². The van der Waals surface area contributed by atoms with Crippen molar-refractivity contribution >= 4 is 10.9 Å². The van der Waals surface area contributed by atoms with Gasteiger partial charge in [0.05, 0.1) is 5.60 Å². The molecule has 0 spiro atoms. The fourth-order valence-corrected chi connectivity index (χ4v) is 5.61. The molecule has 5 rings (SSSR count). The molecule has 3 aromatic rings. The Morgan fingerprint density at radius 2 is 1.62 bits per heavy atom. The number of H-pyrrole nitrogens is 1. The highest BCUT2D eigenvalue weighted by atomic mass is 16.3. The third-order valence-corrected chi connectivity index (χ3v) is 7.54. The van der Waals surface area contributed by atoms with E-state index in [1.54, 1.807) is 0 Å². The minimum absolute atomic E-state index is 0.141. The van der Waals surface area contributed by atoms with Gasteiger partial charge >= 0.3 is 0 Å². The van der Waals surface area contributed by atoms with Gasteiger partial charge in [0, 0.05) is 35.7 Å². The second-order valence-electron chi connectivity index (χ2n) is 9.18. The standard InChI is InChI=1S/C26H32N2O/c29-25(13-6-8-21-20-27-24-12-5-4-11-23(21)24)14-16-26(17-15-25,28-18-7-19-28)22-9-2-1-3-10-22/h1-5,9-12,20,27,29H,6-8,13-19H2. The van der Waals surface area contributed by atoms with Crippen LogP contribution in [0.2, 0.25) is 0 Å². The Bertz CT molecular complexity index is 949. The first-order valence-corrected chi connectivity index (χ1v) is 11.3. The highest BCUT2D eigenvalue weighted by Gasteiger charge is 2.47. The molecule has 1 aliphatic carbocycles. The molecular formula is C26H32N2O. The van der Waals surface area contributed by atoms with Gasteiger partial charge < -0.3 is 10.1 Å². The van der Waals surface area contributed by atoms with Gasteiger partial charge in [-0.15, -0.1) is 0 Å². The van der Waals surface area contributed by atoms with Crippen LogP contribution in [-0.2, 0) is 12.0 Å². The lowest BCUT2D eigenvalue weighted by Crippen LogP contribution is -2.56. The normalized spacial score (nSPS) is 27.8.